The maximum absolute atomic E-state index is 11.8. The van der Waals surface area contributed by atoms with Crippen LogP contribution in [-0.2, 0) is 11.2 Å². The molecule has 0 radical (unpaired) electrons. The highest BCUT2D eigenvalue weighted by Gasteiger charge is 2.28. The first-order valence-corrected chi connectivity index (χ1v) is 5.53. The SMILES string of the molecule is CC1NCCC1C(=O)NCCc1ncon1. The monoisotopic (exact) mass is 224 g/mol. The highest BCUT2D eigenvalue weighted by Crippen LogP contribution is 2.14. The number of amides is 1. The van der Waals surface area contributed by atoms with E-state index in [4.69, 9.17) is 0 Å². The average Bonchev–Trinajstić information content (AvgIpc) is 2.88. The molecule has 0 aromatic carbocycles. The summed E-state index contributed by atoms with van der Waals surface area (Å²) < 4.78 is 4.61. The second kappa shape index (κ2) is 5.07. The Morgan fingerprint density at radius 1 is 1.75 bits per heavy atom. The molecule has 2 unspecified atom stereocenters. The van der Waals surface area contributed by atoms with Crippen LogP contribution in [0.25, 0.3) is 0 Å². The molecule has 1 amide bonds. The Labute approximate surface area is 93.8 Å². The number of carbonyl (C=O) groups excluding carboxylic acids is 1. The van der Waals surface area contributed by atoms with Crippen molar-refractivity contribution < 1.29 is 9.32 Å². The van der Waals surface area contributed by atoms with Gasteiger partial charge in [-0.3, -0.25) is 4.79 Å². The summed E-state index contributed by atoms with van der Waals surface area (Å²) in [5.74, 6) is 0.823. The van der Waals surface area contributed by atoms with Crippen molar-refractivity contribution in [3.63, 3.8) is 0 Å². The summed E-state index contributed by atoms with van der Waals surface area (Å²) in [4.78, 5) is 15.7. The Balaban J connectivity index is 1.71. The topological polar surface area (TPSA) is 80.0 Å². The number of hydrogen-bond donors (Lipinski definition) is 2. The van der Waals surface area contributed by atoms with E-state index in [1.807, 2.05) is 6.92 Å². The van der Waals surface area contributed by atoms with E-state index in [1.54, 1.807) is 0 Å². The molecule has 88 valence electrons. The second-order valence-corrected chi connectivity index (χ2v) is 4.03. The predicted octanol–water partition coefficient (Wildman–Crippen LogP) is -0.274. The molecule has 1 fully saturated rings. The average molecular weight is 224 g/mol. The number of aromatic nitrogens is 2. The molecule has 2 atom stereocenters. The summed E-state index contributed by atoms with van der Waals surface area (Å²) in [6, 6.07) is 0.269. The molecule has 6 nitrogen and oxygen atoms in total. The summed E-state index contributed by atoms with van der Waals surface area (Å²) in [6.07, 6.45) is 2.81. The summed E-state index contributed by atoms with van der Waals surface area (Å²) in [5.41, 5.74) is 0. The number of rotatable bonds is 4. The minimum atomic E-state index is 0.0882. The van der Waals surface area contributed by atoms with E-state index in [-0.39, 0.29) is 17.9 Å². The lowest BCUT2D eigenvalue weighted by Gasteiger charge is -2.14. The third kappa shape index (κ3) is 2.57. The van der Waals surface area contributed by atoms with Gasteiger partial charge in [0.15, 0.2) is 5.82 Å². The van der Waals surface area contributed by atoms with Crippen molar-refractivity contribution in [3.05, 3.63) is 12.2 Å². The van der Waals surface area contributed by atoms with Gasteiger partial charge in [-0.05, 0) is 19.9 Å². The van der Waals surface area contributed by atoms with Gasteiger partial charge in [-0.25, -0.2) is 0 Å². The van der Waals surface area contributed by atoms with E-state index >= 15 is 0 Å². The van der Waals surface area contributed by atoms with E-state index < -0.39 is 0 Å². The Kier molecular flexibility index (Phi) is 3.51. The Morgan fingerprint density at radius 2 is 2.62 bits per heavy atom. The summed E-state index contributed by atoms with van der Waals surface area (Å²) in [5, 5.41) is 9.82. The third-order valence-electron chi connectivity index (χ3n) is 2.92. The molecule has 6 heteroatoms. The Morgan fingerprint density at radius 3 is 3.25 bits per heavy atom. The van der Waals surface area contributed by atoms with Crippen LogP contribution in [0.4, 0.5) is 0 Å². The van der Waals surface area contributed by atoms with Crippen molar-refractivity contribution in [2.45, 2.75) is 25.8 Å². The summed E-state index contributed by atoms with van der Waals surface area (Å²) in [6.45, 7) is 3.52. The standard InChI is InChI=1S/C10H16N4O2/c1-7-8(2-4-11-7)10(15)12-5-3-9-13-6-16-14-9/h6-8,11H,2-5H2,1H3,(H,12,15). The molecular formula is C10H16N4O2. The zero-order chi connectivity index (χ0) is 11.4. The molecule has 0 saturated carbocycles. The third-order valence-corrected chi connectivity index (χ3v) is 2.92. The highest BCUT2D eigenvalue weighted by molar-refractivity contribution is 5.79. The van der Waals surface area contributed by atoms with Gasteiger partial charge in [-0.1, -0.05) is 5.16 Å². The number of nitrogens with one attached hydrogen (secondary N) is 2. The van der Waals surface area contributed by atoms with Crippen LogP contribution in [0, 0.1) is 5.92 Å². The molecule has 0 aliphatic carbocycles. The number of nitrogens with zero attached hydrogens (tertiary/aromatic N) is 2. The first-order valence-electron chi connectivity index (χ1n) is 5.53. The van der Waals surface area contributed by atoms with E-state index in [0.29, 0.717) is 18.8 Å². The fourth-order valence-corrected chi connectivity index (χ4v) is 1.95. The minimum Gasteiger partial charge on any atom is -0.355 e. The smallest absolute Gasteiger partial charge is 0.224 e. The lowest BCUT2D eigenvalue weighted by Crippen LogP contribution is -2.37. The summed E-state index contributed by atoms with van der Waals surface area (Å²) >= 11 is 0. The molecule has 2 rings (SSSR count). The van der Waals surface area contributed by atoms with Gasteiger partial charge in [-0.2, -0.15) is 4.98 Å². The van der Waals surface area contributed by atoms with Crippen LogP contribution >= 0.6 is 0 Å². The number of carbonyl (C=O) groups is 1. The van der Waals surface area contributed by atoms with Gasteiger partial charge in [-0.15, -0.1) is 0 Å². The van der Waals surface area contributed by atoms with Crippen LogP contribution < -0.4 is 10.6 Å². The number of hydrogen-bond acceptors (Lipinski definition) is 5. The van der Waals surface area contributed by atoms with Gasteiger partial charge in [0, 0.05) is 19.0 Å². The fourth-order valence-electron chi connectivity index (χ4n) is 1.95. The maximum atomic E-state index is 11.8. The van der Waals surface area contributed by atoms with E-state index in [9.17, 15) is 4.79 Å². The van der Waals surface area contributed by atoms with Crippen molar-refractivity contribution in [1.29, 1.82) is 0 Å². The van der Waals surface area contributed by atoms with Crippen LogP contribution in [0.2, 0.25) is 0 Å². The molecule has 1 aliphatic heterocycles. The molecule has 0 bridgehead atoms. The lowest BCUT2D eigenvalue weighted by atomic mass is 10.0. The van der Waals surface area contributed by atoms with Gasteiger partial charge < -0.3 is 15.2 Å². The molecule has 2 N–H and O–H groups in total. The molecule has 1 aromatic heterocycles. The fraction of sp³-hybridized carbons (Fsp3) is 0.700. The van der Waals surface area contributed by atoms with Crippen molar-refractivity contribution in [3.8, 4) is 0 Å². The zero-order valence-corrected chi connectivity index (χ0v) is 9.27. The largest absolute Gasteiger partial charge is 0.355 e. The molecule has 1 aromatic rings. The molecule has 1 aliphatic rings. The van der Waals surface area contributed by atoms with Gasteiger partial charge in [0.05, 0.1) is 5.92 Å². The van der Waals surface area contributed by atoms with Crippen LogP contribution in [0.3, 0.4) is 0 Å². The quantitative estimate of drug-likeness (QED) is 0.735. The van der Waals surface area contributed by atoms with Gasteiger partial charge in [0.1, 0.15) is 0 Å². The molecule has 0 spiro atoms. The lowest BCUT2D eigenvalue weighted by molar-refractivity contribution is -0.125. The Bertz CT molecular complexity index is 339. The predicted molar refractivity (Wildman–Crippen MR) is 56.6 cm³/mol. The normalized spacial score (nSPS) is 24.6. The van der Waals surface area contributed by atoms with Crippen LogP contribution in [0.1, 0.15) is 19.2 Å². The highest BCUT2D eigenvalue weighted by atomic mass is 16.5. The van der Waals surface area contributed by atoms with Gasteiger partial charge in [0.2, 0.25) is 12.3 Å². The molecule has 16 heavy (non-hydrogen) atoms. The van der Waals surface area contributed by atoms with Crippen LogP contribution in [-0.4, -0.2) is 35.2 Å². The Hall–Kier alpha value is -1.43. The van der Waals surface area contributed by atoms with Crippen molar-refractivity contribution in [2.24, 2.45) is 5.92 Å². The second-order valence-electron chi connectivity index (χ2n) is 4.03. The van der Waals surface area contributed by atoms with Crippen molar-refractivity contribution >= 4 is 5.91 Å². The van der Waals surface area contributed by atoms with Crippen molar-refractivity contribution in [1.82, 2.24) is 20.8 Å². The van der Waals surface area contributed by atoms with E-state index in [0.717, 1.165) is 13.0 Å². The first-order chi connectivity index (χ1) is 7.77. The van der Waals surface area contributed by atoms with Gasteiger partial charge in [0.25, 0.3) is 0 Å². The molecule has 2 heterocycles. The van der Waals surface area contributed by atoms with E-state index in [2.05, 4.69) is 25.3 Å². The summed E-state index contributed by atoms with van der Waals surface area (Å²) in [7, 11) is 0. The van der Waals surface area contributed by atoms with E-state index in [1.165, 1.54) is 6.39 Å². The van der Waals surface area contributed by atoms with Crippen LogP contribution in [0.15, 0.2) is 10.9 Å². The van der Waals surface area contributed by atoms with Crippen LogP contribution in [0.5, 0.6) is 0 Å². The van der Waals surface area contributed by atoms with Crippen molar-refractivity contribution in [2.75, 3.05) is 13.1 Å². The molecular weight excluding hydrogens is 208 g/mol. The minimum absolute atomic E-state index is 0.0882. The molecule has 1 saturated heterocycles. The zero-order valence-electron chi connectivity index (χ0n) is 9.27. The maximum Gasteiger partial charge on any atom is 0.224 e. The van der Waals surface area contributed by atoms with Gasteiger partial charge >= 0.3 is 0 Å². The first kappa shape index (κ1) is 11.1.